The highest BCUT2D eigenvalue weighted by atomic mass is 32.1. The van der Waals surface area contributed by atoms with Gasteiger partial charge in [-0.1, -0.05) is 31.2 Å². The van der Waals surface area contributed by atoms with E-state index < -0.39 is 11.5 Å². The number of anilines is 1. The average molecular weight is 405 g/mol. The van der Waals surface area contributed by atoms with Gasteiger partial charge in [-0.15, -0.1) is 11.3 Å². The van der Waals surface area contributed by atoms with Gasteiger partial charge in [-0.2, -0.15) is 0 Å². The molecule has 0 atom stereocenters. The Morgan fingerprint density at radius 3 is 2.72 bits per heavy atom. The molecule has 0 aliphatic carbocycles. The van der Waals surface area contributed by atoms with Gasteiger partial charge >= 0.3 is 0 Å². The third-order valence-corrected chi connectivity index (χ3v) is 5.52. The number of nitrogens with zero attached hydrogens (tertiary/aromatic N) is 2. The lowest BCUT2D eigenvalue weighted by Gasteiger charge is -2.07. The largest absolute Gasteiger partial charge is 0.497 e. The second-order valence-corrected chi connectivity index (χ2v) is 7.29. The first kappa shape index (κ1) is 18.9. The van der Waals surface area contributed by atoms with Crippen LogP contribution in [0.3, 0.4) is 0 Å². The zero-order valence-electron chi connectivity index (χ0n) is 16.0. The zero-order chi connectivity index (χ0) is 20.4. The van der Waals surface area contributed by atoms with Crippen LogP contribution in [-0.2, 0) is 6.42 Å². The van der Waals surface area contributed by atoms with E-state index in [4.69, 9.17) is 4.74 Å². The van der Waals surface area contributed by atoms with Crippen LogP contribution in [0.5, 0.6) is 5.75 Å². The minimum Gasteiger partial charge on any atom is -0.497 e. The minimum absolute atomic E-state index is 0.00962. The van der Waals surface area contributed by atoms with E-state index in [0.29, 0.717) is 22.1 Å². The first-order valence-corrected chi connectivity index (χ1v) is 10.0. The standard InChI is InChI=1S/C22H19N3O3S/c1-3-14-7-9-16(10-8-14)24-20(26)18-12-23-22-25(21(18)27)19(13-29-22)15-5-4-6-17(11-15)28-2/h4-13H,3H2,1-2H3,(H,24,26). The molecule has 29 heavy (non-hydrogen) atoms. The molecule has 0 aliphatic rings. The van der Waals surface area contributed by atoms with Crippen LogP contribution in [-0.4, -0.2) is 22.4 Å². The lowest BCUT2D eigenvalue weighted by molar-refractivity contribution is 0.102. The maximum Gasteiger partial charge on any atom is 0.271 e. The molecule has 2 aromatic heterocycles. The fraction of sp³-hybridized carbons (Fsp3) is 0.136. The molecule has 0 aliphatic heterocycles. The Morgan fingerprint density at radius 1 is 1.21 bits per heavy atom. The van der Waals surface area contributed by atoms with Crippen molar-refractivity contribution in [3.8, 4) is 17.0 Å². The molecule has 0 radical (unpaired) electrons. The Bertz CT molecular complexity index is 1240. The van der Waals surface area contributed by atoms with E-state index in [1.807, 2.05) is 53.9 Å². The van der Waals surface area contributed by atoms with Crippen molar-refractivity contribution in [2.24, 2.45) is 0 Å². The number of methoxy groups -OCH3 is 1. The summed E-state index contributed by atoms with van der Waals surface area (Å²) in [4.78, 5) is 30.7. The van der Waals surface area contributed by atoms with Crippen molar-refractivity contribution in [3.63, 3.8) is 0 Å². The van der Waals surface area contributed by atoms with Gasteiger partial charge < -0.3 is 10.1 Å². The number of amides is 1. The van der Waals surface area contributed by atoms with Crippen molar-refractivity contribution in [2.45, 2.75) is 13.3 Å². The third kappa shape index (κ3) is 3.64. The molecule has 2 heterocycles. The van der Waals surface area contributed by atoms with Gasteiger partial charge in [0.1, 0.15) is 11.3 Å². The molecule has 2 aromatic carbocycles. The van der Waals surface area contributed by atoms with Gasteiger partial charge in [-0.25, -0.2) is 4.98 Å². The van der Waals surface area contributed by atoms with Gasteiger partial charge in [-0.3, -0.25) is 14.0 Å². The number of benzene rings is 2. The highest BCUT2D eigenvalue weighted by molar-refractivity contribution is 7.15. The molecule has 7 heteroatoms. The first-order valence-electron chi connectivity index (χ1n) is 9.14. The number of nitrogens with one attached hydrogen (secondary N) is 1. The molecule has 0 saturated heterocycles. The van der Waals surface area contributed by atoms with Gasteiger partial charge in [0.15, 0.2) is 4.96 Å². The van der Waals surface area contributed by atoms with E-state index in [9.17, 15) is 9.59 Å². The molecule has 0 spiro atoms. The van der Waals surface area contributed by atoms with Crippen LogP contribution < -0.4 is 15.6 Å². The Hall–Kier alpha value is -3.45. The number of aromatic nitrogens is 2. The van der Waals surface area contributed by atoms with E-state index in [1.165, 1.54) is 27.5 Å². The predicted octanol–water partition coefficient (Wildman–Crippen LogP) is 4.25. The molecule has 4 aromatic rings. The van der Waals surface area contributed by atoms with Crippen LogP contribution in [0, 0.1) is 0 Å². The second-order valence-electron chi connectivity index (χ2n) is 6.45. The van der Waals surface area contributed by atoms with E-state index in [0.717, 1.165) is 12.0 Å². The summed E-state index contributed by atoms with van der Waals surface area (Å²) in [6.45, 7) is 2.07. The number of carbonyl (C=O) groups excluding carboxylic acids is 1. The molecule has 146 valence electrons. The Morgan fingerprint density at radius 2 is 2.00 bits per heavy atom. The predicted molar refractivity (Wildman–Crippen MR) is 115 cm³/mol. The summed E-state index contributed by atoms with van der Waals surface area (Å²) in [6, 6.07) is 15.0. The maximum atomic E-state index is 13.1. The molecule has 0 bridgehead atoms. The van der Waals surface area contributed by atoms with Crippen LogP contribution in [0.15, 0.2) is 64.9 Å². The normalized spacial score (nSPS) is 10.8. The Balaban J connectivity index is 1.73. The van der Waals surface area contributed by atoms with Crippen LogP contribution in [0.25, 0.3) is 16.2 Å². The summed E-state index contributed by atoms with van der Waals surface area (Å²) in [6.07, 6.45) is 2.25. The zero-order valence-corrected chi connectivity index (χ0v) is 16.8. The number of thiazole rings is 1. The Kier molecular flexibility index (Phi) is 5.14. The van der Waals surface area contributed by atoms with E-state index >= 15 is 0 Å². The van der Waals surface area contributed by atoms with Crippen LogP contribution in [0.2, 0.25) is 0 Å². The van der Waals surface area contributed by atoms with Crippen molar-refractivity contribution in [2.75, 3.05) is 12.4 Å². The summed E-state index contributed by atoms with van der Waals surface area (Å²) in [7, 11) is 1.59. The molecule has 0 unspecified atom stereocenters. The quantitative estimate of drug-likeness (QED) is 0.539. The number of hydrogen-bond acceptors (Lipinski definition) is 5. The fourth-order valence-electron chi connectivity index (χ4n) is 3.05. The first-order chi connectivity index (χ1) is 14.1. The van der Waals surface area contributed by atoms with Crippen molar-refractivity contribution < 1.29 is 9.53 Å². The lowest BCUT2D eigenvalue weighted by Crippen LogP contribution is -2.26. The molecule has 4 rings (SSSR count). The second kappa shape index (κ2) is 7.89. The van der Waals surface area contributed by atoms with Gasteiger partial charge in [-0.05, 0) is 36.2 Å². The maximum absolute atomic E-state index is 13.1. The number of carbonyl (C=O) groups is 1. The SMILES string of the molecule is CCc1ccc(NC(=O)c2cnc3scc(-c4cccc(OC)c4)n3c2=O)cc1. The number of hydrogen-bond donors (Lipinski definition) is 1. The monoisotopic (exact) mass is 405 g/mol. The smallest absolute Gasteiger partial charge is 0.271 e. The highest BCUT2D eigenvalue weighted by Crippen LogP contribution is 2.27. The summed E-state index contributed by atoms with van der Waals surface area (Å²) < 4.78 is 6.74. The Labute approximate surface area is 171 Å². The van der Waals surface area contributed by atoms with E-state index in [-0.39, 0.29) is 5.56 Å². The van der Waals surface area contributed by atoms with Crippen LogP contribution in [0.4, 0.5) is 5.69 Å². The summed E-state index contributed by atoms with van der Waals surface area (Å²) >= 11 is 1.34. The number of aryl methyl sites for hydroxylation is 1. The van der Waals surface area contributed by atoms with E-state index in [2.05, 4.69) is 17.2 Å². The van der Waals surface area contributed by atoms with Crippen molar-refractivity contribution in [3.05, 3.63) is 81.6 Å². The number of rotatable bonds is 5. The van der Waals surface area contributed by atoms with Gasteiger partial charge in [0.25, 0.3) is 11.5 Å². The molecule has 0 saturated carbocycles. The van der Waals surface area contributed by atoms with Crippen molar-refractivity contribution in [1.29, 1.82) is 0 Å². The van der Waals surface area contributed by atoms with Gasteiger partial charge in [0, 0.05) is 22.8 Å². The number of fused-ring (bicyclic) bond motifs is 1. The topological polar surface area (TPSA) is 72.7 Å². The molecular formula is C22H19N3O3S. The fourth-order valence-corrected chi connectivity index (χ4v) is 3.91. The van der Waals surface area contributed by atoms with Crippen LogP contribution in [0.1, 0.15) is 22.8 Å². The molecular weight excluding hydrogens is 386 g/mol. The van der Waals surface area contributed by atoms with Crippen molar-refractivity contribution in [1.82, 2.24) is 9.38 Å². The number of ether oxygens (including phenoxy) is 1. The summed E-state index contributed by atoms with van der Waals surface area (Å²) in [5.41, 5.74) is 2.87. The molecule has 0 fully saturated rings. The van der Waals surface area contributed by atoms with Crippen LogP contribution >= 0.6 is 11.3 Å². The lowest BCUT2D eigenvalue weighted by atomic mass is 10.1. The highest BCUT2D eigenvalue weighted by Gasteiger charge is 2.17. The third-order valence-electron chi connectivity index (χ3n) is 4.68. The minimum atomic E-state index is -0.482. The van der Waals surface area contributed by atoms with Crippen molar-refractivity contribution >= 4 is 27.9 Å². The van der Waals surface area contributed by atoms with E-state index in [1.54, 1.807) is 7.11 Å². The average Bonchev–Trinajstić information content (AvgIpc) is 3.19. The summed E-state index contributed by atoms with van der Waals surface area (Å²) in [5.74, 6) is 0.205. The summed E-state index contributed by atoms with van der Waals surface area (Å²) in [5, 5.41) is 4.63. The van der Waals surface area contributed by atoms with Gasteiger partial charge in [0.05, 0.1) is 12.8 Å². The molecule has 1 amide bonds. The van der Waals surface area contributed by atoms with Gasteiger partial charge in [0.2, 0.25) is 0 Å². The molecule has 6 nitrogen and oxygen atoms in total. The molecule has 1 N–H and O–H groups in total.